The lowest BCUT2D eigenvalue weighted by molar-refractivity contribution is -0.0983. The summed E-state index contributed by atoms with van der Waals surface area (Å²) in [4.78, 5) is 0. The van der Waals surface area contributed by atoms with Crippen LogP contribution in [0.5, 0.6) is 11.5 Å². The van der Waals surface area contributed by atoms with Gasteiger partial charge < -0.3 is 24.3 Å². The molecule has 0 bridgehead atoms. The molecule has 0 atom stereocenters. The SMILES string of the molecule is COc1ccc(B(O)OC(C)(C)C(C)(C)O)c(OC)c1. The third-order valence-electron chi connectivity index (χ3n) is 3.59. The second-order valence-electron chi connectivity index (χ2n) is 5.65. The number of rotatable bonds is 6. The summed E-state index contributed by atoms with van der Waals surface area (Å²) in [5.41, 5.74) is -1.56. The average molecular weight is 282 g/mol. The first-order chi connectivity index (χ1) is 9.12. The number of ether oxygens (including phenoxy) is 2. The zero-order valence-electron chi connectivity index (χ0n) is 12.9. The van der Waals surface area contributed by atoms with Gasteiger partial charge in [0.15, 0.2) is 0 Å². The third kappa shape index (κ3) is 3.65. The smallest absolute Gasteiger partial charge is 0.495 e. The molecule has 0 unspecified atom stereocenters. The monoisotopic (exact) mass is 282 g/mol. The van der Waals surface area contributed by atoms with Crippen LogP contribution in [0.25, 0.3) is 0 Å². The first kappa shape index (κ1) is 16.8. The van der Waals surface area contributed by atoms with Crippen molar-refractivity contribution in [1.29, 1.82) is 0 Å². The quantitative estimate of drug-likeness (QED) is 0.761. The van der Waals surface area contributed by atoms with Crippen molar-refractivity contribution in [2.75, 3.05) is 14.2 Å². The summed E-state index contributed by atoms with van der Waals surface area (Å²) in [6.45, 7) is 6.69. The first-order valence-electron chi connectivity index (χ1n) is 6.42. The predicted molar refractivity (Wildman–Crippen MR) is 78.6 cm³/mol. The molecule has 2 N–H and O–H groups in total. The van der Waals surface area contributed by atoms with E-state index >= 15 is 0 Å². The maximum atomic E-state index is 10.2. The van der Waals surface area contributed by atoms with Crippen molar-refractivity contribution in [2.24, 2.45) is 0 Å². The fraction of sp³-hybridized carbons (Fsp3) is 0.571. The molecule has 1 rings (SSSR count). The number of benzene rings is 1. The van der Waals surface area contributed by atoms with Gasteiger partial charge in [0.1, 0.15) is 11.5 Å². The second kappa shape index (κ2) is 6.03. The Labute approximate surface area is 120 Å². The van der Waals surface area contributed by atoms with Gasteiger partial charge in [-0.05, 0) is 33.8 Å². The summed E-state index contributed by atoms with van der Waals surface area (Å²) in [7, 11) is 1.85. The van der Waals surface area contributed by atoms with Gasteiger partial charge in [-0.3, -0.25) is 0 Å². The van der Waals surface area contributed by atoms with E-state index in [1.807, 2.05) is 0 Å². The van der Waals surface area contributed by atoms with E-state index in [2.05, 4.69) is 0 Å². The minimum atomic E-state index is -1.21. The fourth-order valence-electron chi connectivity index (χ4n) is 1.51. The number of methoxy groups -OCH3 is 2. The van der Waals surface area contributed by atoms with Crippen LogP contribution >= 0.6 is 0 Å². The van der Waals surface area contributed by atoms with Gasteiger partial charge in [0.2, 0.25) is 0 Å². The van der Waals surface area contributed by atoms with Gasteiger partial charge in [0, 0.05) is 11.5 Å². The largest absolute Gasteiger partial charge is 0.497 e. The van der Waals surface area contributed by atoms with Crippen LogP contribution < -0.4 is 14.9 Å². The number of aliphatic hydroxyl groups is 1. The molecule has 0 heterocycles. The first-order valence-corrected chi connectivity index (χ1v) is 6.42. The molecule has 0 saturated heterocycles. The van der Waals surface area contributed by atoms with Crippen molar-refractivity contribution in [2.45, 2.75) is 38.9 Å². The van der Waals surface area contributed by atoms with Crippen LogP contribution in [0.2, 0.25) is 0 Å². The molecule has 112 valence electrons. The summed E-state index contributed by atoms with van der Waals surface area (Å²) in [5, 5.41) is 20.3. The standard InChI is InChI=1S/C14H23BO5/c1-13(2,16)14(3,4)20-15(17)11-8-7-10(18-5)9-12(11)19-6/h7-9,16-17H,1-6H3. The Balaban J connectivity index is 3.01. The number of hydrogen-bond acceptors (Lipinski definition) is 5. The summed E-state index contributed by atoms with van der Waals surface area (Å²) in [6, 6.07) is 5.04. The molecule has 1 aromatic carbocycles. The maximum absolute atomic E-state index is 10.2. The highest BCUT2D eigenvalue weighted by Gasteiger charge is 2.40. The zero-order chi connectivity index (χ0) is 15.6. The summed E-state index contributed by atoms with van der Waals surface area (Å²) in [5.74, 6) is 1.09. The Hall–Kier alpha value is -1.24. The second-order valence-corrected chi connectivity index (χ2v) is 5.65. The average Bonchev–Trinajstić information content (AvgIpc) is 2.35. The van der Waals surface area contributed by atoms with E-state index in [0.717, 1.165) is 0 Å². The molecular formula is C14H23BO5. The van der Waals surface area contributed by atoms with Crippen molar-refractivity contribution in [3.8, 4) is 11.5 Å². The lowest BCUT2D eigenvalue weighted by Gasteiger charge is -2.38. The highest BCUT2D eigenvalue weighted by atomic mass is 16.6. The number of hydrogen-bond donors (Lipinski definition) is 2. The molecule has 0 aliphatic carbocycles. The van der Waals surface area contributed by atoms with Gasteiger partial charge in [0.25, 0.3) is 0 Å². The van der Waals surface area contributed by atoms with Gasteiger partial charge in [-0.15, -0.1) is 0 Å². The summed E-state index contributed by atoms with van der Waals surface area (Å²) in [6.07, 6.45) is 0. The van der Waals surface area contributed by atoms with Crippen LogP contribution in [0.1, 0.15) is 27.7 Å². The Bertz CT molecular complexity index is 453. The fourth-order valence-corrected chi connectivity index (χ4v) is 1.51. The van der Waals surface area contributed by atoms with Gasteiger partial charge in [-0.1, -0.05) is 6.07 Å². The minimum Gasteiger partial charge on any atom is -0.497 e. The normalized spacial score (nSPS) is 12.2. The predicted octanol–water partition coefficient (Wildman–Crippen LogP) is 0.957. The maximum Gasteiger partial charge on any atom is 0.495 e. The van der Waals surface area contributed by atoms with E-state index in [9.17, 15) is 10.1 Å². The molecule has 0 spiro atoms. The van der Waals surface area contributed by atoms with Crippen LogP contribution in [0.15, 0.2) is 18.2 Å². The van der Waals surface area contributed by atoms with Gasteiger partial charge in [-0.2, -0.15) is 0 Å². The lowest BCUT2D eigenvalue weighted by Crippen LogP contribution is -2.53. The zero-order valence-corrected chi connectivity index (χ0v) is 12.9. The van der Waals surface area contributed by atoms with Gasteiger partial charge in [0.05, 0.1) is 25.4 Å². The highest BCUT2D eigenvalue weighted by Crippen LogP contribution is 2.26. The molecule has 0 saturated carbocycles. The third-order valence-corrected chi connectivity index (χ3v) is 3.59. The van der Waals surface area contributed by atoms with E-state index in [0.29, 0.717) is 17.0 Å². The van der Waals surface area contributed by atoms with Gasteiger partial charge >= 0.3 is 7.12 Å². The van der Waals surface area contributed by atoms with Crippen molar-refractivity contribution in [1.82, 2.24) is 0 Å². The van der Waals surface area contributed by atoms with Crippen LogP contribution in [-0.4, -0.2) is 42.7 Å². The molecule has 0 radical (unpaired) electrons. The Morgan fingerprint density at radius 1 is 1.05 bits per heavy atom. The molecule has 6 heteroatoms. The van der Waals surface area contributed by atoms with Crippen LogP contribution in [0, 0.1) is 0 Å². The Morgan fingerprint density at radius 2 is 1.65 bits per heavy atom. The molecule has 0 aromatic heterocycles. The molecular weight excluding hydrogens is 259 g/mol. The van der Waals surface area contributed by atoms with E-state index in [1.54, 1.807) is 53.0 Å². The molecule has 0 amide bonds. The molecule has 5 nitrogen and oxygen atoms in total. The van der Waals surface area contributed by atoms with Gasteiger partial charge in [-0.25, -0.2) is 0 Å². The van der Waals surface area contributed by atoms with Crippen LogP contribution in [0.3, 0.4) is 0 Å². The van der Waals surface area contributed by atoms with Crippen molar-refractivity contribution in [3.05, 3.63) is 18.2 Å². The van der Waals surface area contributed by atoms with E-state index in [1.165, 1.54) is 7.11 Å². The van der Waals surface area contributed by atoms with E-state index in [4.69, 9.17) is 14.1 Å². The molecule has 20 heavy (non-hydrogen) atoms. The van der Waals surface area contributed by atoms with E-state index < -0.39 is 18.3 Å². The summed E-state index contributed by atoms with van der Waals surface area (Å²) >= 11 is 0. The van der Waals surface area contributed by atoms with Crippen molar-refractivity contribution in [3.63, 3.8) is 0 Å². The van der Waals surface area contributed by atoms with E-state index in [-0.39, 0.29) is 0 Å². The van der Waals surface area contributed by atoms with Crippen LogP contribution in [-0.2, 0) is 4.65 Å². The topological polar surface area (TPSA) is 68.2 Å². The lowest BCUT2D eigenvalue weighted by atomic mass is 9.76. The minimum absolute atomic E-state index is 0.461. The van der Waals surface area contributed by atoms with Crippen molar-refractivity contribution >= 4 is 12.6 Å². The molecule has 0 aliphatic rings. The molecule has 0 fully saturated rings. The Kier molecular flexibility index (Phi) is 5.07. The van der Waals surface area contributed by atoms with Crippen LogP contribution in [0.4, 0.5) is 0 Å². The highest BCUT2D eigenvalue weighted by molar-refractivity contribution is 6.61. The Morgan fingerprint density at radius 3 is 2.10 bits per heavy atom. The summed E-state index contributed by atoms with van der Waals surface area (Å²) < 4.78 is 15.9. The van der Waals surface area contributed by atoms with Crippen molar-refractivity contribution < 1.29 is 24.3 Å². The molecule has 0 aliphatic heterocycles. The molecule has 1 aromatic rings.